The van der Waals surface area contributed by atoms with Gasteiger partial charge in [-0.3, -0.25) is 4.90 Å². The molecule has 1 heterocycles. The summed E-state index contributed by atoms with van der Waals surface area (Å²) in [6.07, 6.45) is -0.0776. The average molecular weight is 330 g/mol. The second-order valence-corrected chi connectivity index (χ2v) is 13.5. The lowest BCUT2D eigenvalue weighted by atomic mass is 9.71. The van der Waals surface area contributed by atoms with Crippen LogP contribution in [0.1, 0.15) is 48.0 Å². The maximum atomic E-state index is 12.1. The van der Waals surface area contributed by atoms with Crippen LogP contribution in [0.25, 0.3) is 0 Å². The van der Waals surface area contributed by atoms with Crippen LogP contribution in [0.15, 0.2) is 0 Å². The number of carbonyl (C=O) groups excluding carboxylic acids is 1. The van der Waals surface area contributed by atoms with E-state index >= 15 is 0 Å². The summed E-state index contributed by atoms with van der Waals surface area (Å²) in [5.41, 5.74) is -1.66. The molecule has 5 nitrogen and oxygen atoms in total. The number of likely N-dealkylation sites (tertiary alicyclic amines) is 1. The summed E-state index contributed by atoms with van der Waals surface area (Å²) in [5.74, 6) is 0. The van der Waals surface area contributed by atoms with Crippen LogP contribution in [0, 0.1) is 5.41 Å². The number of aldehydes is 1. The highest BCUT2D eigenvalue weighted by Crippen LogP contribution is 2.47. The fourth-order valence-electron chi connectivity index (χ4n) is 2.96. The lowest BCUT2D eigenvalue weighted by Gasteiger charge is -2.49. The number of nitrogens with zero attached hydrogens (tertiary/aromatic N) is 1. The van der Waals surface area contributed by atoms with Crippen LogP contribution in [0.4, 0.5) is 4.79 Å². The predicted octanol–water partition coefficient (Wildman–Crippen LogP) is 3.74. The molecule has 0 aromatic rings. The Labute approximate surface area is 135 Å². The van der Waals surface area contributed by atoms with Crippen LogP contribution in [0.3, 0.4) is 0 Å². The Morgan fingerprint density at radius 1 is 1.27 bits per heavy atom. The molecule has 1 amide bonds. The van der Waals surface area contributed by atoms with Crippen molar-refractivity contribution in [3.63, 3.8) is 0 Å². The number of rotatable bonds is 3. The van der Waals surface area contributed by atoms with Gasteiger partial charge in [0.2, 0.25) is 0 Å². The fourth-order valence-corrected chi connectivity index (χ4v) is 4.33. The molecule has 0 bridgehead atoms. The van der Waals surface area contributed by atoms with Crippen molar-refractivity contribution in [3.8, 4) is 0 Å². The first-order chi connectivity index (χ1) is 9.70. The third kappa shape index (κ3) is 2.95. The first kappa shape index (κ1) is 19.2. The van der Waals surface area contributed by atoms with Crippen molar-refractivity contribution in [2.45, 2.75) is 77.7 Å². The van der Waals surface area contributed by atoms with E-state index in [1.165, 1.54) is 4.90 Å². The second-order valence-electron chi connectivity index (χ2n) is 8.78. The van der Waals surface area contributed by atoms with Crippen LogP contribution < -0.4 is 0 Å². The summed E-state index contributed by atoms with van der Waals surface area (Å²) < 4.78 is 6.48. The molecule has 2 atom stereocenters. The third-order valence-corrected chi connectivity index (χ3v) is 9.89. The average Bonchev–Trinajstić information content (AvgIpc) is 2.65. The third-order valence-electron chi connectivity index (χ3n) is 5.41. The first-order valence-electron chi connectivity index (χ1n) is 7.85. The molecule has 1 rings (SSSR count). The van der Waals surface area contributed by atoms with Crippen molar-refractivity contribution in [1.29, 1.82) is 0 Å². The van der Waals surface area contributed by atoms with Gasteiger partial charge in [0, 0.05) is 6.54 Å². The molecule has 0 saturated carbocycles. The van der Waals surface area contributed by atoms with E-state index < -0.39 is 25.4 Å². The number of carbonyl (C=O) groups is 2. The van der Waals surface area contributed by atoms with Crippen molar-refractivity contribution < 1.29 is 19.1 Å². The van der Waals surface area contributed by atoms with Gasteiger partial charge in [-0.15, -0.1) is 0 Å². The maximum absolute atomic E-state index is 12.1. The second kappa shape index (κ2) is 5.64. The molecule has 1 N–H and O–H groups in total. The van der Waals surface area contributed by atoms with Gasteiger partial charge in [-0.1, -0.05) is 41.5 Å². The largest absolute Gasteiger partial charge is 0.465 e. The summed E-state index contributed by atoms with van der Waals surface area (Å²) in [7, 11) is -2.10. The maximum Gasteiger partial charge on any atom is 0.408 e. The Balaban J connectivity index is 3.30. The summed E-state index contributed by atoms with van der Waals surface area (Å²) >= 11 is 0. The van der Waals surface area contributed by atoms with Gasteiger partial charge in [-0.2, -0.15) is 0 Å². The highest BCUT2D eigenvalue weighted by atomic mass is 28.4. The van der Waals surface area contributed by atoms with Crippen LogP contribution >= 0.6 is 0 Å². The summed E-state index contributed by atoms with van der Waals surface area (Å²) in [6, 6.07) is 0. The number of carboxylic acid groups (broad SMARTS) is 1. The van der Waals surface area contributed by atoms with E-state index in [0.717, 1.165) is 6.29 Å². The molecule has 0 radical (unpaired) electrons. The lowest BCUT2D eigenvalue weighted by Crippen LogP contribution is -2.64. The van der Waals surface area contributed by atoms with E-state index in [1.807, 2.05) is 20.8 Å². The van der Waals surface area contributed by atoms with Crippen LogP contribution in [0.5, 0.6) is 0 Å². The van der Waals surface area contributed by atoms with E-state index in [2.05, 4.69) is 33.9 Å². The van der Waals surface area contributed by atoms with Gasteiger partial charge in [0.15, 0.2) is 8.32 Å². The summed E-state index contributed by atoms with van der Waals surface area (Å²) in [5, 5.41) is 9.55. The zero-order chi connectivity index (χ0) is 17.6. The normalized spacial score (nSPS) is 27.1. The quantitative estimate of drug-likeness (QED) is 0.632. The Morgan fingerprint density at radius 2 is 1.77 bits per heavy atom. The van der Waals surface area contributed by atoms with Crippen LogP contribution in [0.2, 0.25) is 18.1 Å². The molecular weight excluding hydrogens is 298 g/mol. The topological polar surface area (TPSA) is 66.8 Å². The zero-order valence-corrected chi connectivity index (χ0v) is 16.2. The summed E-state index contributed by atoms with van der Waals surface area (Å²) in [4.78, 5) is 25.0. The van der Waals surface area contributed by atoms with Crippen molar-refractivity contribution in [2.75, 3.05) is 6.54 Å². The molecule has 1 aliphatic heterocycles. The summed E-state index contributed by atoms with van der Waals surface area (Å²) in [6.45, 7) is 16.8. The molecule has 22 heavy (non-hydrogen) atoms. The minimum atomic E-state index is -2.10. The molecule has 0 aromatic carbocycles. The van der Waals surface area contributed by atoms with E-state index in [-0.39, 0.29) is 11.1 Å². The molecule has 6 heteroatoms. The van der Waals surface area contributed by atoms with Gasteiger partial charge in [-0.25, -0.2) is 4.79 Å². The van der Waals surface area contributed by atoms with Gasteiger partial charge in [0.25, 0.3) is 0 Å². The molecule has 1 aliphatic rings. The zero-order valence-electron chi connectivity index (χ0n) is 15.2. The highest BCUT2D eigenvalue weighted by molar-refractivity contribution is 6.74. The Bertz CT molecular complexity index is 450. The number of hydrogen-bond donors (Lipinski definition) is 1. The van der Waals surface area contributed by atoms with E-state index in [9.17, 15) is 14.7 Å². The predicted molar refractivity (Wildman–Crippen MR) is 89.7 cm³/mol. The van der Waals surface area contributed by atoms with Gasteiger partial charge in [0.05, 0.1) is 6.10 Å². The van der Waals surface area contributed by atoms with E-state index in [4.69, 9.17) is 4.43 Å². The Morgan fingerprint density at radius 3 is 2.09 bits per heavy atom. The minimum Gasteiger partial charge on any atom is -0.465 e. The van der Waals surface area contributed by atoms with E-state index in [1.54, 1.807) is 0 Å². The molecule has 128 valence electrons. The van der Waals surface area contributed by atoms with Gasteiger partial charge >= 0.3 is 6.09 Å². The number of amides is 1. The van der Waals surface area contributed by atoms with Gasteiger partial charge in [-0.05, 0) is 30.0 Å². The van der Waals surface area contributed by atoms with Crippen LogP contribution in [-0.4, -0.2) is 48.9 Å². The first-order valence-corrected chi connectivity index (χ1v) is 10.8. The smallest absolute Gasteiger partial charge is 0.408 e. The molecule has 0 spiro atoms. The van der Waals surface area contributed by atoms with Crippen molar-refractivity contribution in [1.82, 2.24) is 4.90 Å². The molecule has 0 unspecified atom stereocenters. The molecular formula is C16H31NO4Si. The molecule has 1 fully saturated rings. The van der Waals surface area contributed by atoms with Crippen molar-refractivity contribution in [3.05, 3.63) is 0 Å². The standard InChI is InChI=1S/C16H31NO4Si/c1-14(2,3)16(11-18)12(9-10-17(16)13(19)20)21-22(7,8)15(4,5)6/h11-12H,9-10H2,1-8H3,(H,19,20)/t12-,16+/m0/s1. The molecule has 1 saturated heterocycles. The van der Waals surface area contributed by atoms with Crippen molar-refractivity contribution >= 4 is 20.7 Å². The van der Waals surface area contributed by atoms with Gasteiger partial charge < -0.3 is 14.3 Å². The Hall–Kier alpha value is -0.883. The molecule has 0 aromatic heterocycles. The minimum absolute atomic E-state index is 0.0101. The highest BCUT2D eigenvalue weighted by Gasteiger charge is 2.60. The lowest BCUT2D eigenvalue weighted by molar-refractivity contribution is -0.128. The SMILES string of the molecule is CC(C)(C)[C@@]1(C=O)[C@@H](O[Si](C)(C)C(C)(C)C)CCN1C(=O)O. The monoisotopic (exact) mass is 329 g/mol. The molecule has 0 aliphatic carbocycles. The van der Waals surface area contributed by atoms with Crippen LogP contribution in [-0.2, 0) is 9.22 Å². The van der Waals surface area contributed by atoms with Gasteiger partial charge in [0.1, 0.15) is 11.8 Å². The fraction of sp³-hybridized carbons (Fsp3) is 0.875. The van der Waals surface area contributed by atoms with E-state index in [0.29, 0.717) is 13.0 Å². The number of hydrogen-bond acceptors (Lipinski definition) is 3. The Kier molecular flexibility index (Phi) is 4.91. The van der Waals surface area contributed by atoms with Crippen molar-refractivity contribution in [2.24, 2.45) is 5.41 Å².